The van der Waals surface area contributed by atoms with Gasteiger partial charge in [-0.25, -0.2) is 9.59 Å². The molecule has 4 nitrogen and oxygen atoms in total. The van der Waals surface area contributed by atoms with Crippen molar-refractivity contribution >= 4 is 16.9 Å². The first-order valence-corrected chi connectivity index (χ1v) is 7.71. The molecule has 0 N–H and O–H groups in total. The van der Waals surface area contributed by atoms with E-state index in [0.717, 1.165) is 22.1 Å². The third kappa shape index (κ3) is 3.38. The lowest BCUT2D eigenvalue weighted by Crippen LogP contribution is -2.08. The molecule has 0 fully saturated rings. The van der Waals surface area contributed by atoms with Crippen molar-refractivity contribution in [3.05, 3.63) is 80.7 Å². The number of ether oxygens (including phenoxy) is 1. The zero-order valence-electron chi connectivity index (χ0n) is 13.9. The lowest BCUT2D eigenvalue weighted by atomic mass is 10.1. The molecule has 0 bridgehead atoms. The van der Waals surface area contributed by atoms with E-state index in [0.29, 0.717) is 16.7 Å². The van der Waals surface area contributed by atoms with Gasteiger partial charge in [-0.3, -0.25) is 0 Å². The maximum atomic E-state index is 12.3. The molecule has 0 spiro atoms. The summed E-state index contributed by atoms with van der Waals surface area (Å²) in [7, 11) is 0. The quantitative estimate of drug-likeness (QED) is 0.538. The second-order valence-electron chi connectivity index (χ2n) is 6.04. The number of carbonyl (C=O) groups is 1. The highest BCUT2D eigenvalue weighted by atomic mass is 16.5. The van der Waals surface area contributed by atoms with Crippen molar-refractivity contribution in [2.45, 2.75) is 27.4 Å². The van der Waals surface area contributed by atoms with Crippen LogP contribution < -0.4 is 5.63 Å². The average molecular weight is 322 g/mol. The van der Waals surface area contributed by atoms with Crippen LogP contribution in [0.1, 0.15) is 32.6 Å². The molecular formula is C20H18O4. The maximum absolute atomic E-state index is 12.3. The van der Waals surface area contributed by atoms with Crippen molar-refractivity contribution in [2.75, 3.05) is 0 Å². The zero-order valence-corrected chi connectivity index (χ0v) is 13.9. The Kier molecular flexibility index (Phi) is 4.21. The largest absolute Gasteiger partial charge is 0.457 e. The fourth-order valence-corrected chi connectivity index (χ4v) is 2.78. The maximum Gasteiger partial charge on any atom is 0.338 e. The number of fused-ring (bicyclic) bond motifs is 1. The molecule has 0 amide bonds. The lowest BCUT2D eigenvalue weighted by Gasteiger charge is -2.09. The van der Waals surface area contributed by atoms with Crippen molar-refractivity contribution < 1.29 is 13.9 Å². The minimum atomic E-state index is -0.453. The van der Waals surface area contributed by atoms with Crippen molar-refractivity contribution in [2.24, 2.45) is 0 Å². The number of aryl methyl sites for hydroxylation is 3. The van der Waals surface area contributed by atoms with Gasteiger partial charge in [-0.05, 0) is 44.5 Å². The molecule has 0 atom stereocenters. The highest BCUT2D eigenvalue weighted by Crippen LogP contribution is 2.20. The van der Waals surface area contributed by atoms with Crippen LogP contribution in [-0.4, -0.2) is 5.97 Å². The SMILES string of the molecule is Cc1cc(C)cc(C(=O)OCc2cc(=O)oc3cc(C)ccc23)c1. The third-order valence-electron chi connectivity index (χ3n) is 3.80. The first-order chi connectivity index (χ1) is 11.4. The van der Waals surface area contributed by atoms with Gasteiger partial charge in [0.05, 0.1) is 5.56 Å². The summed E-state index contributed by atoms with van der Waals surface area (Å²) in [5.74, 6) is -0.407. The Labute approximate surface area is 139 Å². The second-order valence-corrected chi connectivity index (χ2v) is 6.04. The molecule has 0 aliphatic heterocycles. The Bertz CT molecular complexity index is 962. The van der Waals surface area contributed by atoms with Crippen LogP contribution in [-0.2, 0) is 11.3 Å². The minimum absolute atomic E-state index is 0.0248. The van der Waals surface area contributed by atoms with Crippen LogP contribution in [0.15, 0.2) is 51.7 Å². The molecule has 3 aromatic rings. The zero-order chi connectivity index (χ0) is 17.3. The van der Waals surface area contributed by atoms with Gasteiger partial charge in [0.2, 0.25) is 0 Å². The van der Waals surface area contributed by atoms with Crippen molar-refractivity contribution in [3.63, 3.8) is 0 Å². The summed E-state index contributed by atoms with van der Waals surface area (Å²) in [6.45, 7) is 5.81. The molecule has 0 saturated heterocycles. The molecule has 0 aliphatic carbocycles. The predicted octanol–water partition coefficient (Wildman–Crippen LogP) is 4.08. The topological polar surface area (TPSA) is 56.5 Å². The number of rotatable bonds is 3. The summed E-state index contributed by atoms with van der Waals surface area (Å²) in [6, 6.07) is 12.5. The van der Waals surface area contributed by atoms with E-state index >= 15 is 0 Å². The molecule has 1 aromatic heterocycles. The fraction of sp³-hybridized carbons (Fsp3) is 0.200. The van der Waals surface area contributed by atoms with Crippen molar-refractivity contribution in [3.8, 4) is 0 Å². The number of hydrogen-bond donors (Lipinski definition) is 0. The molecule has 0 radical (unpaired) electrons. The monoisotopic (exact) mass is 322 g/mol. The number of benzene rings is 2. The molecule has 1 heterocycles. The van der Waals surface area contributed by atoms with Crippen LogP contribution in [0.2, 0.25) is 0 Å². The van der Waals surface area contributed by atoms with E-state index < -0.39 is 11.6 Å². The van der Waals surface area contributed by atoms with E-state index in [1.54, 1.807) is 18.2 Å². The summed E-state index contributed by atoms with van der Waals surface area (Å²) < 4.78 is 10.6. The molecule has 24 heavy (non-hydrogen) atoms. The highest BCUT2D eigenvalue weighted by Gasteiger charge is 2.11. The molecule has 2 aromatic carbocycles. The van der Waals surface area contributed by atoms with Gasteiger partial charge in [0.15, 0.2) is 0 Å². The molecular weight excluding hydrogens is 304 g/mol. The van der Waals surface area contributed by atoms with Gasteiger partial charge in [0.25, 0.3) is 0 Å². The van der Waals surface area contributed by atoms with Gasteiger partial charge >= 0.3 is 11.6 Å². The van der Waals surface area contributed by atoms with Gasteiger partial charge in [-0.15, -0.1) is 0 Å². The highest BCUT2D eigenvalue weighted by molar-refractivity contribution is 5.90. The summed E-state index contributed by atoms with van der Waals surface area (Å²) in [4.78, 5) is 24.0. The van der Waals surface area contributed by atoms with E-state index in [4.69, 9.17) is 9.15 Å². The van der Waals surface area contributed by atoms with E-state index in [2.05, 4.69) is 0 Å². The summed E-state index contributed by atoms with van der Waals surface area (Å²) in [5.41, 5.74) is 4.20. The van der Waals surface area contributed by atoms with Crippen LogP contribution in [0.25, 0.3) is 11.0 Å². The molecule has 0 saturated carbocycles. The molecule has 0 unspecified atom stereocenters. The minimum Gasteiger partial charge on any atom is -0.457 e. The van der Waals surface area contributed by atoms with E-state index in [-0.39, 0.29) is 6.61 Å². The van der Waals surface area contributed by atoms with Crippen LogP contribution in [0.5, 0.6) is 0 Å². The first-order valence-electron chi connectivity index (χ1n) is 7.71. The molecule has 4 heteroatoms. The molecule has 3 rings (SSSR count). The van der Waals surface area contributed by atoms with Crippen LogP contribution in [0.3, 0.4) is 0 Å². The first kappa shape index (κ1) is 16.0. The van der Waals surface area contributed by atoms with Gasteiger partial charge in [0, 0.05) is 17.0 Å². The Morgan fingerprint density at radius 2 is 1.67 bits per heavy atom. The Hall–Kier alpha value is -2.88. The third-order valence-corrected chi connectivity index (χ3v) is 3.80. The van der Waals surface area contributed by atoms with Gasteiger partial charge < -0.3 is 9.15 Å². The lowest BCUT2D eigenvalue weighted by molar-refractivity contribution is 0.0473. The van der Waals surface area contributed by atoms with Crippen LogP contribution in [0, 0.1) is 20.8 Å². The normalized spacial score (nSPS) is 10.8. The Balaban J connectivity index is 1.88. The summed E-state index contributed by atoms with van der Waals surface area (Å²) >= 11 is 0. The summed E-state index contributed by atoms with van der Waals surface area (Å²) in [5, 5.41) is 0.772. The summed E-state index contributed by atoms with van der Waals surface area (Å²) in [6.07, 6.45) is 0. The van der Waals surface area contributed by atoms with Gasteiger partial charge in [0.1, 0.15) is 12.2 Å². The van der Waals surface area contributed by atoms with Gasteiger partial charge in [-0.2, -0.15) is 0 Å². The van der Waals surface area contributed by atoms with E-state index in [9.17, 15) is 9.59 Å². The second kappa shape index (κ2) is 6.32. The number of hydrogen-bond acceptors (Lipinski definition) is 4. The number of esters is 1. The smallest absolute Gasteiger partial charge is 0.338 e. The Morgan fingerprint density at radius 3 is 2.38 bits per heavy atom. The Morgan fingerprint density at radius 1 is 0.958 bits per heavy atom. The molecule has 0 aliphatic rings. The number of carbonyl (C=O) groups excluding carboxylic acids is 1. The van der Waals surface area contributed by atoms with E-state index in [1.807, 2.05) is 39.0 Å². The predicted molar refractivity (Wildman–Crippen MR) is 92.3 cm³/mol. The average Bonchev–Trinajstić information content (AvgIpc) is 2.50. The van der Waals surface area contributed by atoms with Crippen LogP contribution in [0.4, 0.5) is 0 Å². The standard InChI is InChI=1S/C20H18O4/c1-12-4-5-17-16(10-19(21)24-18(17)9-12)11-23-20(22)15-7-13(2)6-14(3)8-15/h4-10H,11H2,1-3H3. The molecule has 122 valence electrons. The van der Waals surface area contributed by atoms with Crippen molar-refractivity contribution in [1.82, 2.24) is 0 Å². The van der Waals surface area contributed by atoms with Gasteiger partial charge in [-0.1, -0.05) is 29.3 Å². The fourth-order valence-electron chi connectivity index (χ4n) is 2.78. The van der Waals surface area contributed by atoms with Crippen LogP contribution >= 0.6 is 0 Å². The van der Waals surface area contributed by atoms with E-state index in [1.165, 1.54) is 6.07 Å². The van der Waals surface area contributed by atoms with Crippen molar-refractivity contribution in [1.29, 1.82) is 0 Å².